The molecule has 0 bridgehead atoms. The third-order valence-electron chi connectivity index (χ3n) is 4.50. The van der Waals surface area contributed by atoms with E-state index in [1.165, 1.54) is 28.6 Å². The Morgan fingerprint density at radius 3 is 2.21 bits per heavy atom. The lowest BCUT2D eigenvalue weighted by atomic mass is 10.1. The molecule has 29 heavy (non-hydrogen) atoms. The molecule has 0 aliphatic rings. The summed E-state index contributed by atoms with van der Waals surface area (Å²) in [7, 11) is -3.58. The molecule has 2 aromatic rings. The summed E-state index contributed by atoms with van der Waals surface area (Å²) in [5.41, 5.74) is 2.18. The summed E-state index contributed by atoms with van der Waals surface area (Å²) in [4.78, 5) is 24.2. The molecule has 1 amide bonds. The fourth-order valence-corrected chi connectivity index (χ4v) is 4.18. The standard InChI is InChI=1S/C21H26N2O5S/c1-4-23(5-2)29(26,27)19-12-10-17(11-13-19)21(25)22-14-20(24)28-15-18-9-7-6-8-16(18)3/h6-13H,4-5,14-15H2,1-3H3,(H,22,25). The van der Waals surface area contributed by atoms with Gasteiger partial charge in [-0.1, -0.05) is 38.1 Å². The Balaban J connectivity index is 1.91. The highest BCUT2D eigenvalue weighted by molar-refractivity contribution is 7.89. The lowest BCUT2D eigenvalue weighted by molar-refractivity contribution is -0.143. The van der Waals surface area contributed by atoms with E-state index < -0.39 is 21.9 Å². The van der Waals surface area contributed by atoms with Crippen LogP contribution < -0.4 is 5.32 Å². The summed E-state index contributed by atoms with van der Waals surface area (Å²) >= 11 is 0. The largest absolute Gasteiger partial charge is 0.459 e. The van der Waals surface area contributed by atoms with Crippen molar-refractivity contribution >= 4 is 21.9 Å². The van der Waals surface area contributed by atoms with Crippen molar-refractivity contribution in [2.75, 3.05) is 19.6 Å². The molecule has 2 aromatic carbocycles. The molecule has 156 valence electrons. The van der Waals surface area contributed by atoms with Crippen molar-refractivity contribution in [1.29, 1.82) is 0 Å². The zero-order valence-corrected chi connectivity index (χ0v) is 17.7. The SMILES string of the molecule is CCN(CC)S(=O)(=O)c1ccc(C(=O)NCC(=O)OCc2ccccc2C)cc1. The van der Waals surface area contributed by atoms with Crippen LogP contribution in [0.2, 0.25) is 0 Å². The van der Waals surface area contributed by atoms with Crippen molar-refractivity contribution in [1.82, 2.24) is 9.62 Å². The van der Waals surface area contributed by atoms with Crippen molar-refractivity contribution in [3.8, 4) is 0 Å². The fourth-order valence-electron chi connectivity index (χ4n) is 2.73. The zero-order valence-electron chi connectivity index (χ0n) is 16.8. The molecular weight excluding hydrogens is 392 g/mol. The Morgan fingerprint density at radius 2 is 1.62 bits per heavy atom. The van der Waals surface area contributed by atoms with Crippen LogP contribution in [0.15, 0.2) is 53.4 Å². The van der Waals surface area contributed by atoms with Gasteiger partial charge >= 0.3 is 5.97 Å². The first-order valence-electron chi connectivity index (χ1n) is 9.38. The van der Waals surface area contributed by atoms with E-state index >= 15 is 0 Å². The number of hydrogen-bond acceptors (Lipinski definition) is 5. The summed E-state index contributed by atoms with van der Waals surface area (Å²) in [6.45, 7) is 6.05. The van der Waals surface area contributed by atoms with E-state index in [-0.39, 0.29) is 23.6 Å². The molecule has 0 aromatic heterocycles. The predicted molar refractivity (Wildman–Crippen MR) is 110 cm³/mol. The normalized spacial score (nSPS) is 11.3. The molecular formula is C21H26N2O5S. The quantitative estimate of drug-likeness (QED) is 0.632. The number of rotatable bonds is 9. The molecule has 0 heterocycles. The molecule has 0 atom stereocenters. The minimum Gasteiger partial charge on any atom is -0.459 e. The highest BCUT2D eigenvalue weighted by Gasteiger charge is 2.21. The third kappa shape index (κ3) is 5.88. The zero-order chi connectivity index (χ0) is 21.4. The number of esters is 1. The highest BCUT2D eigenvalue weighted by Crippen LogP contribution is 2.16. The molecule has 1 N–H and O–H groups in total. The Labute approximate surface area is 171 Å². The number of aryl methyl sites for hydroxylation is 1. The number of nitrogens with zero attached hydrogens (tertiary/aromatic N) is 1. The van der Waals surface area contributed by atoms with E-state index in [1.807, 2.05) is 31.2 Å². The van der Waals surface area contributed by atoms with Gasteiger partial charge in [0.05, 0.1) is 4.90 Å². The predicted octanol–water partition coefficient (Wildman–Crippen LogP) is 2.50. The first-order chi connectivity index (χ1) is 13.8. The minimum atomic E-state index is -3.58. The number of sulfonamides is 1. The monoisotopic (exact) mass is 418 g/mol. The number of carbonyl (C=O) groups excluding carboxylic acids is 2. The molecule has 0 radical (unpaired) electrons. The lowest BCUT2D eigenvalue weighted by Gasteiger charge is -2.18. The number of ether oxygens (including phenoxy) is 1. The van der Waals surface area contributed by atoms with Gasteiger partial charge in [-0.3, -0.25) is 9.59 Å². The van der Waals surface area contributed by atoms with Crippen molar-refractivity contribution in [2.45, 2.75) is 32.3 Å². The molecule has 0 spiro atoms. The summed E-state index contributed by atoms with van der Waals surface area (Å²) in [6, 6.07) is 13.2. The van der Waals surface area contributed by atoms with Gasteiger partial charge in [-0.05, 0) is 42.3 Å². The van der Waals surface area contributed by atoms with Gasteiger partial charge < -0.3 is 10.1 Å². The van der Waals surface area contributed by atoms with Crippen LogP contribution in [0.3, 0.4) is 0 Å². The summed E-state index contributed by atoms with van der Waals surface area (Å²) in [6.07, 6.45) is 0. The van der Waals surface area contributed by atoms with Gasteiger partial charge in [0.2, 0.25) is 10.0 Å². The number of amides is 1. The van der Waals surface area contributed by atoms with Gasteiger partial charge in [0, 0.05) is 18.7 Å². The Kier molecular flexibility index (Phi) is 7.92. The lowest BCUT2D eigenvalue weighted by Crippen LogP contribution is -2.31. The molecule has 0 saturated carbocycles. The van der Waals surface area contributed by atoms with E-state index in [4.69, 9.17) is 4.74 Å². The maximum atomic E-state index is 12.5. The molecule has 0 aliphatic carbocycles. The van der Waals surface area contributed by atoms with Crippen LogP contribution in [0, 0.1) is 6.92 Å². The van der Waals surface area contributed by atoms with Gasteiger partial charge in [-0.15, -0.1) is 0 Å². The smallest absolute Gasteiger partial charge is 0.325 e. The topological polar surface area (TPSA) is 92.8 Å². The van der Waals surface area contributed by atoms with Crippen molar-refractivity contribution in [2.24, 2.45) is 0 Å². The number of hydrogen-bond donors (Lipinski definition) is 1. The minimum absolute atomic E-state index is 0.121. The van der Waals surface area contributed by atoms with Crippen LogP contribution in [0.5, 0.6) is 0 Å². The van der Waals surface area contributed by atoms with Crippen LogP contribution >= 0.6 is 0 Å². The van der Waals surface area contributed by atoms with Gasteiger partial charge in [0.1, 0.15) is 13.2 Å². The maximum absolute atomic E-state index is 12.5. The number of carbonyl (C=O) groups is 2. The fraction of sp³-hybridized carbons (Fsp3) is 0.333. The van der Waals surface area contributed by atoms with E-state index in [9.17, 15) is 18.0 Å². The van der Waals surface area contributed by atoms with Crippen LogP contribution in [-0.4, -0.2) is 44.2 Å². The van der Waals surface area contributed by atoms with Gasteiger partial charge in [-0.2, -0.15) is 4.31 Å². The second kappa shape index (κ2) is 10.2. The molecule has 8 heteroatoms. The first kappa shape index (κ1) is 22.6. The average molecular weight is 419 g/mol. The van der Waals surface area contributed by atoms with E-state index in [1.54, 1.807) is 13.8 Å². The van der Waals surface area contributed by atoms with Crippen LogP contribution in [-0.2, 0) is 26.2 Å². The molecule has 0 saturated heterocycles. The Bertz CT molecular complexity index is 951. The van der Waals surface area contributed by atoms with Gasteiger partial charge in [0.25, 0.3) is 5.91 Å². The maximum Gasteiger partial charge on any atom is 0.325 e. The second-order valence-corrected chi connectivity index (χ2v) is 8.32. The Morgan fingerprint density at radius 1 is 1.00 bits per heavy atom. The average Bonchev–Trinajstić information content (AvgIpc) is 2.72. The molecule has 0 aliphatic heterocycles. The van der Waals surface area contributed by atoms with Crippen molar-refractivity contribution < 1.29 is 22.7 Å². The third-order valence-corrected chi connectivity index (χ3v) is 6.57. The summed E-state index contributed by atoms with van der Waals surface area (Å²) in [5, 5.41) is 2.48. The first-order valence-corrected chi connectivity index (χ1v) is 10.8. The summed E-state index contributed by atoms with van der Waals surface area (Å²) in [5.74, 6) is -1.04. The van der Waals surface area contributed by atoms with Crippen molar-refractivity contribution in [3.05, 3.63) is 65.2 Å². The highest BCUT2D eigenvalue weighted by atomic mass is 32.2. The van der Waals surface area contributed by atoms with Gasteiger partial charge in [0.15, 0.2) is 0 Å². The summed E-state index contributed by atoms with van der Waals surface area (Å²) < 4.78 is 31.4. The van der Waals surface area contributed by atoms with E-state index in [2.05, 4.69) is 5.32 Å². The molecule has 7 nitrogen and oxygen atoms in total. The second-order valence-electron chi connectivity index (χ2n) is 6.38. The molecule has 2 rings (SSSR count). The van der Waals surface area contributed by atoms with E-state index in [0.717, 1.165) is 11.1 Å². The van der Waals surface area contributed by atoms with E-state index in [0.29, 0.717) is 13.1 Å². The molecule has 0 fully saturated rings. The van der Waals surface area contributed by atoms with Gasteiger partial charge in [-0.25, -0.2) is 8.42 Å². The van der Waals surface area contributed by atoms with Crippen LogP contribution in [0.25, 0.3) is 0 Å². The molecule has 0 unspecified atom stereocenters. The van der Waals surface area contributed by atoms with Crippen LogP contribution in [0.4, 0.5) is 0 Å². The van der Waals surface area contributed by atoms with Crippen LogP contribution in [0.1, 0.15) is 35.3 Å². The van der Waals surface area contributed by atoms with Crippen molar-refractivity contribution in [3.63, 3.8) is 0 Å². The number of nitrogens with one attached hydrogen (secondary N) is 1. The Hall–Kier alpha value is -2.71. The number of benzene rings is 2.